The average molecular weight is 393 g/mol. The second-order valence-electron chi connectivity index (χ2n) is 7.40. The van der Waals surface area contributed by atoms with Crippen LogP contribution in [0.15, 0.2) is 48.5 Å². The summed E-state index contributed by atoms with van der Waals surface area (Å²) in [5, 5.41) is 2.58. The zero-order valence-electron chi connectivity index (χ0n) is 17.1. The van der Waals surface area contributed by atoms with Crippen LogP contribution < -0.4 is 10.2 Å². The van der Waals surface area contributed by atoms with Crippen molar-refractivity contribution in [2.24, 2.45) is 5.92 Å². The summed E-state index contributed by atoms with van der Waals surface area (Å²) >= 11 is 0. The zero-order chi connectivity index (χ0) is 21.0. The van der Waals surface area contributed by atoms with Gasteiger partial charge in [-0.1, -0.05) is 31.2 Å². The van der Waals surface area contributed by atoms with Crippen molar-refractivity contribution < 1.29 is 14.4 Å². The number of amides is 3. The van der Waals surface area contributed by atoms with E-state index in [9.17, 15) is 14.4 Å². The van der Waals surface area contributed by atoms with Gasteiger partial charge in [-0.3, -0.25) is 14.4 Å². The van der Waals surface area contributed by atoms with E-state index >= 15 is 0 Å². The SMILES string of the molecule is CCc1ccc(N2C[C@H](C(=O)N(C)Cc3ccc(C(=O)NC)cc3)CC2=O)cc1. The predicted molar refractivity (Wildman–Crippen MR) is 113 cm³/mol. The Hall–Kier alpha value is -3.15. The van der Waals surface area contributed by atoms with Crippen molar-refractivity contribution in [1.29, 1.82) is 0 Å². The van der Waals surface area contributed by atoms with E-state index in [4.69, 9.17) is 0 Å². The smallest absolute Gasteiger partial charge is 0.251 e. The highest BCUT2D eigenvalue weighted by molar-refractivity contribution is 6.00. The molecule has 3 amide bonds. The van der Waals surface area contributed by atoms with Crippen molar-refractivity contribution in [3.05, 3.63) is 65.2 Å². The van der Waals surface area contributed by atoms with Crippen LogP contribution in [0.25, 0.3) is 0 Å². The van der Waals surface area contributed by atoms with Gasteiger partial charge in [0, 0.05) is 44.9 Å². The zero-order valence-corrected chi connectivity index (χ0v) is 17.1. The quantitative estimate of drug-likeness (QED) is 0.820. The molecule has 1 N–H and O–H groups in total. The number of carbonyl (C=O) groups is 3. The molecule has 1 atom stereocenters. The Labute approximate surface area is 171 Å². The van der Waals surface area contributed by atoms with Crippen LogP contribution in [0.2, 0.25) is 0 Å². The summed E-state index contributed by atoms with van der Waals surface area (Å²) < 4.78 is 0. The molecule has 6 nitrogen and oxygen atoms in total. The van der Waals surface area contributed by atoms with Gasteiger partial charge < -0.3 is 15.1 Å². The first-order valence-corrected chi connectivity index (χ1v) is 9.88. The molecule has 0 spiro atoms. The molecule has 1 saturated heterocycles. The van der Waals surface area contributed by atoms with Crippen molar-refractivity contribution in [3.63, 3.8) is 0 Å². The van der Waals surface area contributed by atoms with E-state index in [1.807, 2.05) is 36.4 Å². The van der Waals surface area contributed by atoms with Crippen LogP contribution in [0.5, 0.6) is 0 Å². The average Bonchev–Trinajstić information content (AvgIpc) is 3.14. The molecule has 29 heavy (non-hydrogen) atoms. The number of nitrogens with one attached hydrogen (secondary N) is 1. The largest absolute Gasteiger partial charge is 0.355 e. The number of carbonyl (C=O) groups excluding carboxylic acids is 3. The third-order valence-electron chi connectivity index (χ3n) is 5.37. The first-order chi connectivity index (χ1) is 13.9. The van der Waals surface area contributed by atoms with Crippen LogP contribution in [0.1, 0.15) is 34.8 Å². The molecule has 1 fully saturated rings. The molecule has 0 aliphatic carbocycles. The number of anilines is 1. The summed E-state index contributed by atoms with van der Waals surface area (Å²) in [6.45, 7) is 2.93. The molecule has 3 rings (SSSR count). The van der Waals surface area contributed by atoms with Crippen LogP contribution in [-0.4, -0.2) is 43.3 Å². The minimum atomic E-state index is -0.344. The highest BCUT2D eigenvalue weighted by atomic mass is 16.2. The van der Waals surface area contributed by atoms with Gasteiger partial charge in [-0.2, -0.15) is 0 Å². The summed E-state index contributed by atoms with van der Waals surface area (Å²) in [5.74, 6) is -0.543. The lowest BCUT2D eigenvalue weighted by Gasteiger charge is -2.22. The van der Waals surface area contributed by atoms with Crippen LogP contribution >= 0.6 is 0 Å². The lowest BCUT2D eigenvalue weighted by molar-refractivity contribution is -0.135. The van der Waals surface area contributed by atoms with Gasteiger partial charge in [-0.25, -0.2) is 0 Å². The first kappa shape index (κ1) is 20.6. The minimum Gasteiger partial charge on any atom is -0.355 e. The van der Waals surface area contributed by atoms with Gasteiger partial charge in [0.05, 0.1) is 5.92 Å². The predicted octanol–water partition coefficient (Wildman–Crippen LogP) is 2.62. The van der Waals surface area contributed by atoms with Gasteiger partial charge in [0.15, 0.2) is 0 Å². The highest BCUT2D eigenvalue weighted by Crippen LogP contribution is 2.27. The molecular weight excluding hydrogens is 366 g/mol. The third kappa shape index (κ3) is 4.65. The van der Waals surface area contributed by atoms with Crippen molar-refractivity contribution in [2.75, 3.05) is 25.5 Å². The van der Waals surface area contributed by atoms with Gasteiger partial charge in [0.1, 0.15) is 0 Å². The van der Waals surface area contributed by atoms with Crippen molar-refractivity contribution >= 4 is 23.4 Å². The Kier molecular flexibility index (Phi) is 6.32. The molecule has 1 aliphatic rings. The summed E-state index contributed by atoms with van der Waals surface area (Å²) in [5.41, 5.74) is 3.58. The molecule has 2 aromatic rings. The number of benzene rings is 2. The highest BCUT2D eigenvalue weighted by Gasteiger charge is 2.36. The monoisotopic (exact) mass is 393 g/mol. The third-order valence-corrected chi connectivity index (χ3v) is 5.37. The molecule has 0 radical (unpaired) electrons. The first-order valence-electron chi connectivity index (χ1n) is 9.88. The lowest BCUT2D eigenvalue weighted by atomic mass is 10.1. The Morgan fingerprint density at radius 1 is 1.07 bits per heavy atom. The van der Waals surface area contributed by atoms with Gasteiger partial charge in [-0.05, 0) is 41.8 Å². The van der Waals surface area contributed by atoms with Crippen LogP contribution in [0.3, 0.4) is 0 Å². The number of nitrogens with zero attached hydrogens (tertiary/aromatic N) is 2. The molecule has 2 aromatic carbocycles. The Bertz CT molecular complexity index is 891. The second kappa shape index (κ2) is 8.90. The summed E-state index contributed by atoms with van der Waals surface area (Å²) in [7, 11) is 3.34. The topological polar surface area (TPSA) is 69.7 Å². The molecule has 152 valence electrons. The van der Waals surface area contributed by atoms with E-state index in [2.05, 4.69) is 12.2 Å². The van der Waals surface area contributed by atoms with Crippen molar-refractivity contribution in [3.8, 4) is 0 Å². The van der Waals surface area contributed by atoms with E-state index in [0.717, 1.165) is 17.7 Å². The molecular formula is C23H27N3O3. The molecule has 0 unspecified atom stereocenters. The van der Waals surface area contributed by atoms with E-state index in [1.165, 1.54) is 5.56 Å². The van der Waals surface area contributed by atoms with Crippen LogP contribution in [0.4, 0.5) is 5.69 Å². The Morgan fingerprint density at radius 3 is 2.28 bits per heavy atom. The maximum absolute atomic E-state index is 12.9. The fraction of sp³-hybridized carbons (Fsp3) is 0.348. The van der Waals surface area contributed by atoms with E-state index in [-0.39, 0.29) is 30.1 Å². The van der Waals surface area contributed by atoms with Gasteiger partial charge in [-0.15, -0.1) is 0 Å². The number of hydrogen-bond acceptors (Lipinski definition) is 3. The maximum atomic E-state index is 12.9. The van der Waals surface area contributed by atoms with Crippen molar-refractivity contribution in [1.82, 2.24) is 10.2 Å². The van der Waals surface area contributed by atoms with E-state index in [0.29, 0.717) is 18.7 Å². The van der Waals surface area contributed by atoms with Crippen molar-refractivity contribution in [2.45, 2.75) is 26.3 Å². The standard InChI is InChI=1S/C23H27N3O3/c1-4-16-7-11-20(12-8-16)26-15-19(13-21(26)27)23(29)25(3)14-17-5-9-18(10-6-17)22(28)24-2/h5-12,19H,4,13-15H2,1-3H3,(H,24,28)/t19-/m1/s1. The minimum absolute atomic E-state index is 0.0177. The van der Waals surface area contributed by atoms with E-state index in [1.54, 1.807) is 36.0 Å². The maximum Gasteiger partial charge on any atom is 0.251 e. The molecule has 0 bridgehead atoms. The number of rotatable bonds is 6. The Morgan fingerprint density at radius 2 is 1.69 bits per heavy atom. The molecule has 1 aliphatic heterocycles. The summed E-state index contributed by atoms with van der Waals surface area (Å²) in [6.07, 6.45) is 1.18. The Balaban J connectivity index is 1.62. The second-order valence-corrected chi connectivity index (χ2v) is 7.40. The normalized spacial score (nSPS) is 16.0. The summed E-state index contributed by atoms with van der Waals surface area (Å²) in [4.78, 5) is 40.3. The van der Waals surface area contributed by atoms with Gasteiger partial charge >= 0.3 is 0 Å². The lowest BCUT2D eigenvalue weighted by Crippen LogP contribution is -2.34. The molecule has 0 saturated carbocycles. The fourth-order valence-corrected chi connectivity index (χ4v) is 3.60. The number of aryl methyl sites for hydroxylation is 1. The van der Waals surface area contributed by atoms with Gasteiger partial charge in [0.25, 0.3) is 5.91 Å². The molecule has 6 heteroatoms. The van der Waals surface area contributed by atoms with E-state index < -0.39 is 0 Å². The summed E-state index contributed by atoms with van der Waals surface area (Å²) in [6, 6.07) is 15.1. The molecule has 1 heterocycles. The fourth-order valence-electron chi connectivity index (χ4n) is 3.60. The van der Waals surface area contributed by atoms with Crippen LogP contribution in [-0.2, 0) is 22.6 Å². The number of hydrogen-bond donors (Lipinski definition) is 1. The van der Waals surface area contributed by atoms with Crippen LogP contribution in [0, 0.1) is 5.92 Å². The van der Waals surface area contributed by atoms with Gasteiger partial charge in [0.2, 0.25) is 11.8 Å². The molecule has 0 aromatic heterocycles.